The van der Waals surface area contributed by atoms with Crippen molar-refractivity contribution in [2.75, 3.05) is 0 Å². The molecule has 4 aliphatic carbocycles. The van der Waals surface area contributed by atoms with E-state index in [-0.39, 0.29) is 5.41 Å². The Morgan fingerprint density at radius 3 is 2.45 bits per heavy atom. The van der Waals surface area contributed by atoms with Crippen LogP contribution in [-0.4, -0.2) is 11.1 Å². The maximum Gasteiger partial charge on any atom is 0.330 e. The molecule has 4 bridgehead atoms. The number of carboxylic acids is 1. The van der Waals surface area contributed by atoms with Gasteiger partial charge in [-0.1, -0.05) is 25.8 Å². The zero-order valence-electron chi connectivity index (χ0n) is 12.9. The largest absolute Gasteiger partial charge is 0.478 e. The van der Waals surface area contributed by atoms with E-state index in [4.69, 9.17) is 0 Å². The van der Waals surface area contributed by atoms with Crippen LogP contribution in [0.2, 0.25) is 0 Å². The summed E-state index contributed by atoms with van der Waals surface area (Å²) in [5.41, 5.74) is 0.806. The van der Waals surface area contributed by atoms with E-state index in [0.717, 1.165) is 23.7 Å². The molecule has 0 heterocycles. The van der Waals surface area contributed by atoms with E-state index in [1.54, 1.807) is 6.92 Å². The van der Waals surface area contributed by atoms with Crippen LogP contribution in [0.1, 0.15) is 65.2 Å². The minimum absolute atomic E-state index is 0.229. The lowest BCUT2D eigenvalue weighted by molar-refractivity contribution is -0.133. The molecule has 0 aromatic carbocycles. The molecule has 0 aliphatic heterocycles. The molecule has 0 radical (unpaired) electrons. The van der Waals surface area contributed by atoms with Gasteiger partial charge >= 0.3 is 5.97 Å². The first-order chi connectivity index (χ1) is 9.54. The Hall–Kier alpha value is -0.790. The number of rotatable bonds is 5. The first kappa shape index (κ1) is 14.2. The van der Waals surface area contributed by atoms with Crippen LogP contribution in [0.4, 0.5) is 0 Å². The van der Waals surface area contributed by atoms with Gasteiger partial charge in [0.1, 0.15) is 0 Å². The molecular weight excluding hydrogens is 248 g/mol. The number of carboxylic acid groups (broad SMARTS) is 1. The summed E-state index contributed by atoms with van der Waals surface area (Å²) in [5.74, 6) is 2.66. The van der Waals surface area contributed by atoms with Gasteiger partial charge in [-0.3, -0.25) is 0 Å². The van der Waals surface area contributed by atoms with Crippen LogP contribution in [-0.2, 0) is 4.79 Å². The molecule has 3 atom stereocenters. The van der Waals surface area contributed by atoms with Gasteiger partial charge in [0.25, 0.3) is 0 Å². The third kappa shape index (κ3) is 2.31. The van der Waals surface area contributed by atoms with Crippen LogP contribution in [0.5, 0.6) is 0 Å². The molecule has 2 nitrogen and oxygen atoms in total. The molecule has 4 aliphatic rings. The molecular formula is C18H28O2. The number of hydrogen-bond acceptors (Lipinski definition) is 1. The summed E-state index contributed by atoms with van der Waals surface area (Å²) in [7, 11) is 0. The summed E-state index contributed by atoms with van der Waals surface area (Å²) >= 11 is 0. The number of carbonyl (C=O) groups is 1. The van der Waals surface area contributed by atoms with Gasteiger partial charge in [-0.05, 0) is 74.5 Å². The Labute approximate surface area is 122 Å². The lowest BCUT2D eigenvalue weighted by atomic mass is 9.44. The van der Waals surface area contributed by atoms with Gasteiger partial charge in [-0.15, -0.1) is 0 Å². The van der Waals surface area contributed by atoms with E-state index < -0.39 is 5.97 Å². The first-order valence-electron chi connectivity index (χ1n) is 8.47. The van der Waals surface area contributed by atoms with Crippen molar-refractivity contribution in [2.24, 2.45) is 29.1 Å². The molecule has 3 unspecified atom stereocenters. The first-order valence-corrected chi connectivity index (χ1v) is 8.47. The van der Waals surface area contributed by atoms with Crippen molar-refractivity contribution in [2.45, 2.75) is 65.2 Å². The molecule has 2 heteroatoms. The second kappa shape index (κ2) is 5.20. The molecule has 4 fully saturated rings. The second-order valence-electron chi connectivity index (χ2n) is 7.72. The van der Waals surface area contributed by atoms with Crippen molar-refractivity contribution >= 4 is 5.97 Å². The van der Waals surface area contributed by atoms with Crippen molar-refractivity contribution in [1.82, 2.24) is 0 Å². The molecule has 4 rings (SSSR count). The van der Waals surface area contributed by atoms with E-state index in [2.05, 4.69) is 13.0 Å². The smallest absolute Gasteiger partial charge is 0.330 e. The predicted molar refractivity (Wildman–Crippen MR) is 80.4 cm³/mol. The summed E-state index contributed by atoms with van der Waals surface area (Å²) in [6, 6.07) is 0. The molecule has 0 aromatic rings. The lowest BCUT2D eigenvalue weighted by Crippen LogP contribution is -2.52. The normalized spacial score (nSPS) is 43.0. The molecule has 1 N–H and O–H groups in total. The number of allylic oxidation sites excluding steroid dienone is 1. The molecule has 4 saturated carbocycles. The summed E-state index contributed by atoms with van der Waals surface area (Å²) in [4.78, 5) is 11.3. The fraction of sp³-hybridized carbons (Fsp3) is 0.833. The highest BCUT2D eigenvalue weighted by atomic mass is 16.4. The molecule has 112 valence electrons. The molecule has 20 heavy (non-hydrogen) atoms. The van der Waals surface area contributed by atoms with Crippen LogP contribution in [0.25, 0.3) is 0 Å². The Bertz CT molecular complexity index is 409. The van der Waals surface area contributed by atoms with Crippen molar-refractivity contribution in [1.29, 1.82) is 0 Å². The number of unbranched alkanes of at least 4 members (excludes halogenated alkanes) is 1. The second-order valence-corrected chi connectivity index (χ2v) is 7.72. The van der Waals surface area contributed by atoms with Gasteiger partial charge in [-0.25, -0.2) is 4.79 Å². The third-order valence-electron chi connectivity index (χ3n) is 6.29. The fourth-order valence-corrected chi connectivity index (χ4v) is 5.87. The van der Waals surface area contributed by atoms with Crippen molar-refractivity contribution in [3.8, 4) is 0 Å². The molecule has 0 saturated heterocycles. The van der Waals surface area contributed by atoms with Crippen LogP contribution >= 0.6 is 0 Å². The van der Waals surface area contributed by atoms with Crippen LogP contribution in [0, 0.1) is 29.1 Å². The molecule has 0 spiro atoms. The molecule has 0 aromatic heterocycles. The Kier molecular flexibility index (Phi) is 3.68. The maximum absolute atomic E-state index is 11.3. The minimum atomic E-state index is -0.727. The fourth-order valence-electron chi connectivity index (χ4n) is 5.87. The Morgan fingerprint density at radius 1 is 1.25 bits per heavy atom. The van der Waals surface area contributed by atoms with Gasteiger partial charge in [0.2, 0.25) is 0 Å². The highest BCUT2D eigenvalue weighted by molar-refractivity contribution is 5.85. The standard InChI is InChI=1S/C18H28O2/c1-3-4-5-16-15-7-13-6-14(8-15)11-18(16,10-13)9-12(2)17(19)20/h9,13-16H,3-8,10-11H2,1-2H3,(H,19,20). The highest BCUT2D eigenvalue weighted by Crippen LogP contribution is 2.64. The van der Waals surface area contributed by atoms with Crippen molar-refractivity contribution < 1.29 is 9.90 Å². The zero-order chi connectivity index (χ0) is 14.3. The number of hydrogen-bond donors (Lipinski definition) is 1. The van der Waals surface area contributed by atoms with Crippen LogP contribution in [0.15, 0.2) is 11.6 Å². The van der Waals surface area contributed by atoms with E-state index in [9.17, 15) is 9.90 Å². The van der Waals surface area contributed by atoms with Crippen LogP contribution < -0.4 is 0 Å². The third-order valence-corrected chi connectivity index (χ3v) is 6.29. The van der Waals surface area contributed by atoms with Gasteiger partial charge < -0.3 is 5.11 Å². The van der Waals surface area contributed by atoms with Crippen molar-refractivity contribution in [3.05, 3.63) is 11.6 Å². The number of aliphatic carboxylic acids is 1. The monoisotopic (exact) mass is 276 g/mol. The van der Waals surface area contributed by atoms with Gasteiger partial charge in [-0.2, -0.15) is 0 Å². The zero-order valence-corrected chi connectivity index (χ0v) is 12.9. The SMILES string of the molecule is CCCCC1C2CC3CC(C2)CC1(C=C(C)C(=O)O)C3. The minimum Gasteiger partial charge on any atom is -0.478 e. The topological polar surface area (TPSA) is 37.3 Å². The van der Waals surface area contributed by atoms with Gasteiger partial charge in [0.15, 0.2) is 0 Å². The highest BCUT2D eigenvalue weighted by Gasteiger charge is 2.55. The van der Waals surface area contributed by atoms with Crippen molar-refractivity contribution in [3.63, 3.8) is 0 Å². The quantitative estimate of drug-likeness (QED) is 0.742. The van der Waals surface area contributed by atoms with E-state index in [0.29, 0.717) is 5.57 Å². The summed E-state index contributed by atoms with van der Waals surface area (Å²) < 4.78 is 0. The maximum atomic E-state index is 11.3. The van der Waals surface area contributed by atoms with E-state index in [1.165, 1.54) is 51.4 Å². The Morgan fingerprint density at radius 2 is 1.90 bits per heavy atom. The van der Waals surface area contributed by atoms with Gasteiger partial charge in [0.05, 0.1) is 0 Å². The summed E-state index contributed by atoms with van der Waals surface area (Å²) in [5, 5.41) is 9.28. The van der Waals surface area contributed by atoms with Gasteiger partial charge in [0, 0.05) is 5.57 Å². The average molecular weight is 276 g/mol. The predicted octanol–water partition coefficient (Wildman–Crippen LogP) is 4.65. The van der Waals surface area contributed by atoms with Crippen LogP contribution in [0.3, 0.4) is 0 Å². The average Bonchev–Trinajstić information content (AvgIpc) is 2.36. The van der Waals surface area contributed by atoms with E-state index in [1.807, 2.05) is 0 Å². The lowest BCUT2D eigenvalue weighted by Gasteiger charge is -2.61. The summed E-state index contributed by atoms with van der Waals surface area (Å²) in [6.45, 7) is 4.05. The van der Waals surface area contributed by atoms with E-state index >= 15 is 0 Å². The summed E-state index contributed by atoms with van der Waals surface area (Å²) in [6.07, 6.45) is 12.8. The Balaban J connectivity index is 1.91. The molecule has 0 amide bonds.